The molecule has 2 aromatic rings. The molecule has 1 aromatic heterocycles. The van der Waals surface area contributed by atoms with Gasteiger partial charge >= 0.3 is 0 Å². The number of rotatable bonds is 3. The first kappa shape index (κ1) is 11.0. The predicted molar refractivity (Wildman–Crippen MR) is 67.8 cm³/mol. The Kier molecular flexibility index (Phi) is 3.42. The molecule has 0 fully saturated rings. The zero-order valence-corrected chi connectivity index (χ0v) is 9.83. The average molecular weight is 233 g/mol. The van der Waals surface area contributed by atoms with Gasteiger partial charge in [-0.05, 0) is 30.7 Å². The van der Waals surface area contributed by atoms with Gasteiger partial charge in [-0.25, -0.2) is 0 Å². The fourth-order valence-corrected chi connectivity index (χ4v) is 1.60. The van der Waals surface area contributed by atoms with Crippen molar-refractivity contribution in [3.05, 3.63) is 58.9 Å². The maximum atomic E-state index is 6.01. The molecule has 0 radical (unpaired) electrons. The Morgan fingerprint density at radius 3 is 2.62 bits per heavy atom. The van der Waals surface area contributed by atoms with Crippen molar-refractivity contribution < 1.29 is 0 Å². The number of hydrogen-bond donors (Lipinski definition) is 1. The second-order valence-corrected chi connectivity index (χ2v) is 4.09. The Labute approximate surface area is 100 Å². The van der Waals surface area contributed by atoms with Crippen LogP contribution in [-0.2, 0) is 6.54 Å². The van der Waals surface area contributed by atoms with Gasteiger partial charge in [-0.15, -0.1) is 0 Å². The molecule has 1 aromatic carbocycles. The van der Waals surface area contributed by atoms with Crippen molar-refractivity contribution >= 4 is 17.3 Å². The quantitative estimate of drug-likeness (QED) is 0.874. The SMILES string of the molecule is Cc1ccc(NCc2ccncc2Cl)cc1. The van der Waals surface area contributed by atoms with Crippen molar-refractivity contribution in [2.24, 2.45) is 0 Å². The number of halogens is 1. The van der Waals surface area contributed by atoms with Crippen LogP contribution in [-0.4, -0.2) is 4.98 Å². The van der Waals surface area contributed by atoms with Gasteiger partial charge in [0.2, 0.25) is 0 Å². The Balaban J connectivity index is 2.02. The van der Waals surface area contributed by atoms with Crippen molar-refractivity contribution in [1.29, 1.82) is 0 Å². The van der Waals surface area contributed by atoms with Crippen LogP contribution in [0.1, 0.15) is 11.1 Å². The van der Waals surface area contributed by atoms with Crippen molar-refractivity contribution in [3.63, 3.8) is 0 Å². The molecule has 0 bridgehead atoms. The van der Waals surface area contributed by atoms with Gasteiger partial charge < -0.3 is 5.32 Å². The summed E-state index contributed by atoms with van der Waals surface area (Å²) in [7, 11) is 0. The van der Waals surface area contributed by atoms with Crippen LogP contribution in [0.25, 0.3) is 0 Å². The van der Waals surface area contributed by atoms with Crippen LogP contribution in [0.2, 0.25) is 5.02 Å². The van der Waals surface area contributed by atoms with E-state index < -0.39 is 0 Å². The van der Waals surface area contributed by atoms with Crippen molar-refractivity contribution in [2.75, 3.05) is 5.32 Å². The molecule has 3 heteroatoms. The van der Waals surface area contributed by atoms with Crippen LogP contribution in [0, 0.1) is 6.92 Å². The first-order chi connectivity index (χ1) is 7.75. The summed E-state index contributed by atoms with van der Waals surface area (Å²) in [5, 5.41) is 4.01. The zero-order chi connectivity index (χ0) is 11.4. The lowest BCUT2D eigenvalue weighted by Gasteiger charge is -2.07. The molecule has 2 rings (SSSR count). The Bertz CT molecular complexity index is 466. The first-order valence-electron chi connectivity index (χ1n) is 5.14. The van der Waals surface area contributed by atoms with E-state index in [4.69, 9.17) is 11.6 Å². The number of aromatic nitrogens is 1. The van der Waals surface area contributed by atoms with E-state index in [2.05, 4.69) is 41.5 Å². The highest BCUT2D eigenvalue weighted by Crippen LogP contribution is 2.16. The molecule has 0 saturated heterocycles. The van der Waals surface area contributed by atoms with E-state index in [0.717, 1.165) is 11.3 Å². The number of anilines is 1. The minimum Gasteiger partial charge on any atom is -0.381 e. The molecule has 1 N–H and O–H groups in total. The van der Waals surface area contributed by atoms with Crippen LogP contribution < -0.4 is 5.32 Å². The molecular formula is C13H13ClN2. The molecule has 0 amide bonds. The molecule has 0 aliphatic carbocycles. The summed E-state index contributed by atoms with van der Waals surface area (Å²) in [5.74, 6) is 0. The van der Waals surface area contributed by atoms with Crippen LogP contribution >= 0.6 is 11.6 Å². The third-order valence-electron chi connectivity index (χ3n) is 2.39. The summed E-state index contributed by atoms with van der Waals surface area (Å²) < 4.78 is 0. The van der Waals surface area contributed by atoms with Crippen LogP contribution in [0.4, 0.5) is 5.69 Å². The van der Waals surface area contributed by atoms with Crippen LogP contribution in [0.5, 0.6) is 0 Å². The van der Waals surface area contributed by atoms with Gasteiger partial charge in [0.15, 0.2) is 0 Å². The molecule has 0 spiro atoms. The highest BCUT2D eigenvalue weighted by atomic mass is 35.5. The molecule has 82 valence electrons. The van der Waals surface area contributed by atoms with E-state index in [1.807, 2.05) is 6.07 Å². The second kappa shape index (κ2) is 4.99. The monoisotopic (exact) mass is 232 g/mol. The van der Waals surface area contributed by atoms with Crippen molar-refractivity contribution in [1.82, 2.24) is 4.98 Å². The van der Waals surface area contributed by atoms with Crippen molar-refractivity contribution in [3.8, 4) is 0 Å². The number of aryl methyl sites for hydroxylation is 1. The molecular weight excluding hydrogens is 220 g/mol. The fourth-order valence-electron chi connectivity index (χ4n) is 1.42. The Hall–Kier alpha value is -1.54. The maximum Gasteiger partial charge on any atom is 0.0639 e. The summed E-state index contributed by atoms with van der Waals surface area (Å²) in [4.78, 5) is 3.95. The summed E-state index contributed by atoms with van der Waals surface area (Å²) in [5.41, 5.74) is 3.41. The van der Waals surface area contributed by atoms with Crippen LogP contribution in [0.15, 0.2) is 42.7 Å². The van der Waals surface area contributed by atoms with Gasteiger partial charge in [0.25, 0.3) is 0 Å². The van der Waals surface area contributed by atoms with Gasteiger partial charge in [-0.3, -0.25) is 4.98 Å². The van der Waals surface area contributed by atoms with E-state index in [-0.39, 0.29) is 0 Å². The minimum atomic E-state index is 0.696. The summed E-state index contributed by atoms with van der Waals surface area (Å²) in [6.45, 7) is 2.79. The standard InChI is InChI=1S/C13H13ClN2/c1-10-2-4-12(5-3-10)16-8-11-6-7-15-9-13(11)14/h2-7,9,16H,8H2,1H3. The lowest BCUT2D eigenvalue weighted by Crippen LogP contribution is -2.00. The number of pyridine rings is 1. The van der Waals surface area contributed by atoms with Gasteiger partial charge in [0.1, 0.15) is 0 Å². The van der Waals surface area contributed by atoms with Crippen LogP contribution in [0.3, 0.4) is 0 Å². The molecule has 16 heavy (non-hydrogen) atoms. The smallest absolute Gasteiger partial charge is 0.0639 e. The summed E-state index contributed by atoms with van der Waals surface area (Å²) >= 11 is 6.01. The lowest BCUT2D eigenvalue weighted by atomic mass is 10.2. The molecule has 1 heterocycles. The highest BCUT2D eigenvalue weighted by Gasteiger charge is 1.98. The molecule has 0 aliphatic rings. The Morgan fingerprint density at radius 2 is 1.94 bits per heavy atom. The predicted octanol–water partition coefficient (Wildman–Crippen LogP) is 3.66. The number of hydrogen-bond acceptors (Lipinski definition) is 2. The zero-order valence-electron chi connectivity index (χ0n) is 9.07. The van der Waals surface area contributed by atoms with E-state index in [0.29, 0.717) is 11.6 Å². The molecule has 0 saturated carbocycles. The van der Waals surface area contributed by atoms with E-state index >= 15 is 0 Å². The van der Waals surface area contributed by atoms with E-state index in [1.165, 1.54) is 5.56 Å². The molecule has 0 unspecified atom stereocenters. The highest BCUT2D eigenvalue weighted by molar-refractivity contribution is 6.31. The molecule has 0 atom stereocenters. The Morgan fingerprint density at radius 1 is 1.19 bits per heavy atom. The largest absolute Gasteiger partial charge is 0.381 e. The minimum absolute atomic E-state index is 0.696. The topological polar surface area (TPSA) is 24.9 Å². The second-order valence-electron chi connectivity index (χ2n) is 3.69. The van der Waals surface area contributed by atoms with E-state index in [1.54, 1.807) is 12.4 Å². The van der Waals surface area contributed by atoms with Gasteiger partial charge in [0.05, 0.1) is 5.02 Å². The lowest BCUT2D eigenvalue weighted by molar-refractivity contribution is 1.13. The molecule has 2 nitrogen and oxygen atoms in total. The van der Waals surface area contributed by atoms with E-state index in [9.17, 15) is 0 Å². The molecule has 0 aliphatic heterocycles. The normalized spacial score (nSPS) is 10.1. The first-order valence-corrected chi connectivity index (χ1v) is 5.52. The maximum absolute atomic E-state index is 6.01. The average Bonchev–Trinajstić information content (AvgIpc) is 2.30. The van der Waals surface area contributed by atoms with Gasteiger partial charge in [-0.1, -0.05) is 29.3 Å². The van der Waals surface area contributed by atoms with Crippen molar-refractivity contribution in [2.45, 2.75) is 13.5 Å². The summed E-state index contributed by atoms with van der Waals surface area (Å²) in [6, 6.07) is 10.2. The third kappa shape index (κ3) is 2.74. The van der Waals surface area contributed by atoms with Gasteiger partial charge in [0, 0.05) is 24.6 Å². The number of nitrogens with zero attached hydrogens (tertiary/aromatic N) is 1. The number of benzene rings is 1. The fraction of sp³-hybridized carbons (Fsp3) is 0.154. The van der Waals surface area contributed by atoms with Gasteiger partial charge in [-0.2, -0.15) is 0 Å². The number of nitrogens with one attached hydrogen (secondary N) is 1. The summed E-state index contributed by atoms with van der Waals surface area (Å²) in [6.07, 6.45) is 3.41. The third-order valence-corrected chi connectivity index (χ3v) is 2.73.